The van der Waals surface area contributed by atoms with Crippen molar-refractivity contribution in [2.24, 2.45) is 5.73 Å². The Labute approximate surface area is 130 Å². The molecule has 2 aromatic carbocycles. The van der Waals surface area contributed by atoms with E-state index in [4.69, 9.17) is 10.5 Å². The van der Waals surface area contributed by atoms with Crippen molar-refractivity contribution in [2.45, 2.75) is 37.5 Å². The molecule has 3 rings (SSSR count). The third-order valence-electron chi connectivity index (χ3n) is 4.07. The molecule has 3 atom stereocenters. The minimum absolute atomic E-state index is 0.00396. The fraction of sp³-hybridized carbons (Fsp3) is 0.333. The van der Waals surface area contributed by atoms with Crippen LogP contribution in [0.2, 0.25) is 0 Å². The van der Waals surface area contributed by atoms with Gasteiger partial charge in [0.2, 0.25) is 0 Å². The number of hydrogen-bond donors (Lipinski definition) is 3. The average Bonchev–Trinajstić information content (AvgIpc) is 2.53. The Bertz CT molecular complexity index is 603. The minimum atomic E-state index is -0.507. The van der Waals surface area contributed by atoms with Gasteiger partial charge in [0.05, 0.1) is 12.1 Å². The van der Waals surface area contributed by atoms with E-state index in [0.29, 0.717) is 0 Å². The molecule has 0 aliphatic heterocycles. The normalized spacial score (nSPS) is 24.7. The van der Waals surface area contributed by atoms with Gasteiger partial charge in [-0.15, -0.1) is 0 Å². The molecule has 4 N–H and O–H groups in total. The van der Waals surface area contributed by atoms with Gasteiger partial charge < -0.3 is 20.9 Å². The number of rotatable bonds is 4. The highest BCUT2D eigenvalue weighted by molar-refractivity contribution is 5.50. The standard InChI is InChI=1S/C18H22N2O2/c19-16-10-5-11-17(18(16)21)20-13-6-4-9-15(12-13)22-14-7-2-1-3-8-14/h1-4,6-9,12,16-18,20-21H,5,10-11,19H2/t16-,17-,18-/m1/s1. The molecular formula is C18H22N2O2. The predicted octanol–water partition coefficient (Wildman–Crippen LogP) is 3.13. The zero-order chi connectivity index (χ0) is 15.4. The average molecular weight is 298 g/mol. The first-order chi connectivity index (χ1) is 10.7. The Morgan fingerprint density at radius 1 is 1.00 bits per heavy atom. The molecule has 4 heteroatoms. The lowest BCUT2D eigenvalue weighted by atomic mass is 9.88. The van der Waals surface area contributed by atoms with Crippen molar-refractivity contribution >= 4 is 5.69 Å². The first-order valence-electron chi connectivity index (χ1n) is 7.75. The molecule has 0 heterocycles. The highest BCUT2D eigenvalue weighted by Crippen LogP contribution is 2.26. The molecule has 0 amide bonds. The maximum absolute atomic E-state index is 10.2. The number of anilines is 1. The molecule has 4 nitrogen and oxygen atoms in total. The quantitative estimate of drug-likeness (QED) is 0.811. The van der Waals surface area contributed by atoms with Crippen LogP contribution in [0.25, 0.3) is 0 Å². The maximum atomic E-state index is 10.2. The van der Waals surface area contributed by atoms with E-state index in [1.54, 1.807) is 0 Å². The largest absolute Gasteiger partial charge is 0.457 e. The summed E-state index contributed by atoms with van der Waals surface area (Å²) in [7, 11) is 0. The Balaban J connectivity index is 1.68. The second-order valence-corrected chi connectivity index (χ2v) is 5.78. The first kappa shape index (κ1) is 14.9. The summed E-state index contributed by atoms with van der Waals surface area (Å²) >= 11 is 0. The van der Waals surface area contributed by atoms with E-state index in [1.165, 1.54) is 0 Å². The highest BCUT2D eigenvalue weighted by Gasteiger charge is 2.29. The minimum Gasteiger partial charge on any atom is -0.457 e. The molecule has 0 radical (unpaired) electrons. The van der Waals surface area contributed by atoms with E-state index in [9.17, 15) is 5.11 Å². The Kier molecular flexibility index (Phi) is 4.61. The number of ether oxygens (including phenoxy) is 1. The molecule has 1 saturated carbocycles. The summed E-state index contributed by atoms with van der Waals surface area (Å²) in [6.45, 7) is 0. The van der Waals surface area contributed by atoms with Crippen molar-refractivity contribution in [1.82, 2.24) is 0 Å². The second kappa shape index (κ2) is 6.81. The van der Waals surface area contributed by atoms with Gasteiger partial charge in [0.25, 0.3) is 0 Å². The summed E-state index contributed by atoms with van der Waals surface area (Å²) in [5, 5.41) is 13.6. The van der Waals surface area contributed by atoms with Crippen LogP contribution >= 0.6 is 0 Å². The van der Waals surface area contributed by atoms with Gasteiger partial charge in [-0.2, -0.15) is 0 Å². The SMILES string of the molecule is N[C@@H]1CCC[C@@H](Nc2cccc(Oc3ccccc3)c2)[C@@H]1O. The molecule has 22 heavy (non-hydrogen) atoms. The third-order valence-corrected chi connectivity index (χ3v) is 4.07. The molecule has 116 valence electrons. The number of benzene rings is 2. The van der Waals surface area contributed by atoms with Crippen LogP contribution in [-0.2, 0) is 0 Å². The van der Waals surface area contributed by atoms with Crippen molar-refractivity contribution in [3.8, 4) is 11.5 Å². The summed E-state index contributed by atoms with van der Waals surface area (Å²) in [4.78, 5) is 0. The van der Waals surface area contributed by atoms with Gasteiger partial charge in [-0.1, -0.05) is 24.3 Å². The van der Waals surface area contributed by atoms with E-state index in [0.717, 1.165) is 36.4 Å². The van der Waals surface area contributed by atoms with Gasteiger partial charge in [-0.3, -0.25) is 0 Å². The maximum Gasteiger partial charge on any atom is 0.129 e. The number of nitrogens with one attached hydrogen (secondary N) is 1. The lowest BCUT2D eigenvalue weighted by Gasteiger charge is -2.33. The summed E-state index contributed by atoms with van der Waals surface area (Å²) in [6, 6.07) is 17.3. The lowest BCUT2D eigenvalue weighted by Crippen LogP contribution is -2.49. The van der Waals surface area contributed by atoms with Crippen molar-refractivity contribution in [3.63, 3.8) is 0 Å². The van der Waals surface area contributed by atoms with E-state index in [-0.39, 0.29) is 12.1 Å². The van der Waals surface area contributed by atoms with Gasteiger partial charge in [0, 0.05) is 17.8 Å². The third kappa shape index (κ3) is 3.59. The fourth-order valence-corrected chi connectivity index (χ4v) is 2.86. The smallest absolute Gasteiger partial charge is 0.129 e. The molecular weight excluding hydrogens is 276 g/mol. The molecule has 1 aliphatic rings. The van der Waals surface area contributed by atoms with Crippen LogP contribution in [0, 0.1) is 0 Å². The molecule has 2 aromatic rings. The van der Waals surface area contributed by atoms with Crippen LogP contribution in [-0.4, -0.2) is 23.3 Å². The predicted molar refractivity (Wildman–Crippen MR) is 88.2 cm³/mol. The molecule has 0 unspecified atom stereocenters. The summed E-state index contributed by atoms with van der Waals surface area (Å²) in [5.41, 5.74) is 6.88. The van der Waals surface area contributed by atoms with Crippen LogP contribution in [0.4, 0.5) is 5.69 Å². The molecule has 0 bridgehead atoms. The van der Waals surface area contributed by atoms with Gasteiger partial charge in [0.1, 0.15) is 11.5 Å². The second-order valence-electron chi connectivity index (χ2n) is 5.78. The Morgan fingerprint density at radius 3 is 2.59 bits per heavy atom. The van der Waals surface area contributed by atoms with E-state index >= 15 is 0 Å². The van der Waals surface area contributed by atoms with Crippen molar-refractivity contribution < 1.29 is 9.84 Å². The van der Waals surface area contributed by atoms with Gasteiger partial charge in [-0.25, -0.2) is 0 Å². The number of para-hydroxylation sites is 1. The first-order valence-corrected chi connectivity index (χ1v) is 7.75. The zero-order valence-electron chi connectivity index (χ0n) is 12.5. The van der Waals surface area contributed by atoms with Crippen LogP contribution in [0.3, 0.4) is 0 Å². The number of nitrogens with two attached hydrogens (primary N) is 1. The molecule has 0 saturated heterocycles. The van der Waals surface area contributed by atoms with Gasteiger partial charge in [-0.05, 0) is 43.5 Å². The van der Waals surface area contributed by atoms with Crippen molar-refractivity contribution in [3.05, 3.63) is 54.6 Å². The number of aliphatic hydroxyl groups is 1. The van der Waals surface area contributed by atoms with Crippen LogP contribution < -0.4 is 15.8 Å². The summed E-state index contributed by atoms with van der Waals surface area (Å²) < 4.78 is 5.83. The van der Waals surface area contributed by atoms with Crippen LogP contribution in [0.1, 0.15) is 19.3 Å². The van der Waals surface area contributed by atoms with Crippen LogP contribution in [0.5, 0.6) is 11.5 Å². The Hall–Kier alpha value is -2.04. The monoisotopic (exact) mass is 298 g/mol. The number of hydrogen-bond acceptors (Lipinski definition) is 4. The molecule has 0 spiro atoms. The van der Waals surface area contributed by atoms with Gasteiger partial charge >= 0.3 is 0 Å². The number of aliphatic hydroxyl groups excluding tert-OH is 1. The van der Waals surface area contributed by atoms with Gasteiger partial charge in [0.15, 0.2) is 0 Å². The molecule has 0 aromatic heterocycles. The van der Waals surface area contributed by atoms with Crippen LogP contribution in [0.15, 0.2) is 54.6 Å². The molecule has 1 fully saturated rings. The van der Waals surface area contributed by atoms with E-state index in [2.05, 4.69) is 5.32 Å². The van der Waals surface area contributed by atoms with E-state index in [1.807, 2.05) is 54.6 Å². The Morgan fingerprint density at radius 2 is 1.77 bits per heavy atom. The van der Waals surface area contributed by atoms with Crippen molar-refractivity contribution in [1.29, 1.82) is 0 Å². The lowest BCUT2D eigenvalue weighted by molar-refractivity contribution is 0.0954. The summed E-state index contributed by atoms with van der Waals surface area (Å²) in [6.07, 6.45) is 2.35. The molecule has 1 aliphatic carbocycles. The summed E-state index contributed by atoms with van der Waals surface area (Å²) in [5.74, 6) is 1.57. The zero-order valence-corrected chi connectivity index (χ0v) is 12.5. The van der Waals surface area contributed by atoms with E-state index < -0.39 is 6.10 Å². The topological polar surface area (TPSA) is 67.5 Å². The van der Waals surface area contributed by atoms with Crippen molar-refractivity contribution in [2.75, 3.05) is 5.32 Å². The fourth-order valence-electron chi connectivity index (χ4n) is 2.86. The highest BCUT2D eigenvalue weighted by atomic mass is 16.5.